The van der Waals surface area contributed by atoms with Gasteiger partial charge in [-0.25, -0.2) is 4.98 Å². The van der Waals surface area contributed by atoms with Crippen molar-refractivity contribution in [2.24, 2.45) is 7.05 Å². The van der Waals surface area contributed by atoms with Crippen LogP contribution in [0.4, 0.5) is 11.4 Å². The number of hydrogen-bond acceptors (Lipinski definition) is 6. The van der Waals surface area contributed by atoms with Gasteiger partial charge in [0.15, 0.2) is 5.65 Å². The molecular weight excluding hydrogens is 372 g/mol. The maximum Gasteiger partial charge on any atom is 0.234 e. The third-order valence-electron chi connectivity index (χ3n) is 4.49. The summed E-state index contributed by atoms with van der Waals surface area (Å²) < 4.78 is 2.00. The van der Waals surface area contributed by atoms with E-state index >= 15 is 0 Å². The molecule has 4 rings (SSSR count). The van der Waals surface area contributed by atoms with E-state index in [1.807, 2.05) is 79.1 Å². The Morgan fingerprint density at radius 1 is 1.11 bits per heavy atom. The van der Waals surface area contributed by atoms with Crippen LogP contribution < -0.4 is 10.2 Å². The molecule has 2 heterocycles. The molecule has 0 bridgehead atoms. The number of amides is 1. The molecular formula is C20H20N6OS. The zero-order valence-corrected chi connectivity index (χ0v) is 16.7. The summed E-state index contributed by atoms with van der Waals surface area (Å²) in [5.74, 6) is 0.107. The fraction of sp³-hybridized carbons (Fsp3) is 0.200. The summed E-state index contributed by atoms with van der Waals surface area (Å²) in [5, 5.41) is 12.9. The standard InChI is InChI=1S/C20H20N6OS/c1-25(2)14-10-8-13(9-11-14)21-17(27)12-28-20-22-19-18(23-24-20)15-6-4-5-7-16(15)26(19)3/h4-11H,12H2,1-3H3,(H,21,27). The summed E-state index contributed by atoms with van der Waals surface area (Å²) in [5.41, 5.74) is 4.43. The van der Waals surface area contributed by atoms with Crippen molar-refractivity contribution < 1.29 is 4.79 Å². The first-order valence-corrected chi connectivity index (χ1v) is 9.79. The van der Waals surface area contributed by atoms with Crippen molar-refractivity contribution in [3.63, 3.8) is 0 Å². The number of carbonyl (C=O) groups excluding carboxylic acids is 1. The molecule has 7 nitrogen and oxygen atoms in total. The molecule has 8 heteroatoms. The number of anilines is 2. The second-order valence-electron chi connectivity index (χ2n) is 6.62. The number of thioether (sulfide) groups is 1. The van der Waals surface area contributed by atoms with Crippen LogP contribution in [0.25, 0.3) is 22.1 Å². The van der Waals surface area contributed by atoms with Gasteiger partial charge >= 0.3 is 0 Å². The lowest BCUT2D eigenvalue weighted by molar-refractivity contribution is -0.113. The normalized spacial score (nSPS) is 11.1. The lowest BCUT2D eigenvalue weighted by atomic mass is 10.2. The van der Waals surface area contributed by atoms with Crippen molar-refractivity contribution in [1.29, 1.82) is 0 Å². The van der Waals surface area contributed by atoms with Gasteiger partial charge in [-0.1, -0.05) is 30.0 Å². The summed E-state index contributed by atoms with van der Waals surface area (Å²) in [7, 11) is 5.91. The van der Waals surface area contributed by atoms with Gasteiger partial charge < -0.3 is 14.8 Å². The van der Waals surface area contributed by atoms with Crippen molar-refractivity contribution in [3.05, 3.63) is 48.5 Å². The Bertz CT molecular complexity index is 1150. The molecule has 0 aliphatic carbocycles. The molecule has 0 spiro atoms. The van der Waals surface area contributed by atoms with Gasteiger partial charge in [0.1, 0.15) is 5.52 Å². The second-order valence-corrected chi connectivity index (χ2v) is 7.56. The molecule has 4 aromatic rings. The van der Waals surface area contributed by atoms with E-state index in [9.17, 15) is 4.79 Å². The van der Waals surface area contributed by atoms with Gasteiger partial charge in [-0.05, 0) is 30.3 Å². The number of para-hydroxylation sites is 1. The van der Waals surface area contributed by atoms with Gasteiger partial charge in [0.05, 0.1) is 11.3 Å². The molecule has 2 aromatic heterocycles. The lowest BCUT2D eigenvalue weighted by Gasteiger charge is -2.12. The Kier molecular flexibility index (Phi) is 4.87. The second kappa shape index (κ2) is 7.47. The molecule has 142 valence electrons. The fourth-order valence-electron chi connectivity index (χ4n) is 3.02. The van der Waals surface area contributed by atoms with E-state index in [-0.39, 0.29) is 11.7 Å². The SMILES string of the molecule is CN(C)c1ccc(NC(=O)CSc2nnc3c4ccccc4n(C)c3n2)cc1. The Morgan fingerprint density at radius 3 is 2.61 bits per heavy atom. The van der Waals surface area contributed by atoms with E-state index < -0.39 is 0 Å². The van der Waals surface area contributed by atoms with E-state index in [1.54, 1.807) is 0 Å². The van der Waals surface area contributed by atoms with E-state index in [2.05, 4.69) is 20.5 Å². The minimum absolute atomic E-state index is 0.108. The van der Waals surface area contributed by atoms with Crippen LogP contribution in [0.2, 0.25) is 0 Å². The molecule has 0 fully saturated rings. The number of nitrogens with one attached hydrogen (secondary N) is 1. The van der Waals surface area contributed by atoms with Crippen molar-refractivity contribution in [2.75, 3.05) is 30.1 Å². The van der Waals surface area contributed by atoms with Crippen molar-refractivity contribution >= 4 is 51.1 Å². The van der Waals surface area contributed by atoms with Gasteiger partial charge in [0.25, 0.3) is 0 Å². The summed E-state index contributed by atoms with van der Waals surface area (Å²) >= 11 is 1.27. The molecule has 0 aliphatic heterocycles. The first-order chi connectivity index (χ1) is 13.5. The number of rotatable bonds is 5. The number of aryl methyl sites for hydroxylation is 1. The summed E-state index contributed by atoms with van der Waals surface area (Å²) in [6.07, 6.45) is 0. The summed E-state index contributed by atoms with van der Waals surface area (Å²) in [6, 6.07) is 15.7. The highest BCUT2D eigenvalue weighted by atomic mass is 32.2. The molecule has 0 saturated heterocycles. The molecule has 0 atom stereocenters. The monoisotopic (exact) mass is 392 g/mol. The number of benzene rings is 2. The van der Waals surface area contributed by atoms with Gasteiger partial charge in [-0.2, -0.15) is 0 Å². The van der Waals surface area contributed by atoms with Crippen LogP contribution in [-0.4, -0.2) is 45.5 Å². The van der Waals surface area contributed by atoms with E-state index in [0.717, 1.165) is 33.4 Å². The first-order valence-electron chi connectivity index (χ1n) is 8.81. The number of carbonyl (C=O) groups is 1. The summed E-state index contributed by atoms with van der Waals surface area (Å²) in [4.78, 5) is 18.9. The van der Waals surface area contributed by atoms with Crippen LogP contribution in [0.15, 0.2) is 53.7 Å². The fourth-order valence-corrected chi connectivity index (χ4v) is 3.61. The zero-order chi connectivity index (χ0) is 19.7. The third kappa shape index (κ3) is 3.50. The van der Waals surface area contributed by atoms with Crippen LogP contribution >= 0.6 is 11.8 Å². The molecule has 1 amide bonds. The highest BCUT2D eigenvalue weighted by Gasteiger charge is 2.13. The number of nitrogens with zero attached hydrogens (tertiary/aromatic N) is 5. The lowest BCUT2D eigenvalue weighted by Crippen LogP contribution is -2.14. The number of hydrogen-bond donors (Lipinski definition) is 1. The van der Waals surface area contributed by atoms with Crippen molar-refractivity contribution in [1.82, 2.24) is 19.7 Å². The Morgan fingerprint density at radius 2 is 1.86 bits per heavy atom. The van der Waals surface area contributed by atoms with Crippen LogP contribution in [0.1, 0.15) is 0 Å². The average molecular weight is 392 g/mol. The minimum Gasteiger partial charge on any atom is -0.378 e. The van der Waals surface area contributed by atoms with Crippen LogP contribution in [0.3, 0.4) is 0 Å². The van der Waals surface area contributed by atoms with Crippen molar-refractivity contribution in [3.8, 4) is 0 Å². The molecule has 1 N–H and O–H groups in total. The largest absolute Gasteiger partial charge is 0.378 e. The van der Waals surface area contributed by atoms with Gasteiger partial charge in [0.2, 0.25) is 11.1 Å². The predicted molar refractivity (Wildman–Crippen MR) is 114 cm³/mol. The molecule has 0 saturated carbocycles. The zero-order valence-electron chi connectivity index (χ0n) is 15.9. The van der Waals surface area contributed by atoms with Gasteiger partial charge in [-0.3, -0.25) is 4.79 Å². The minimum atomic E-state index is -0.108. The van der Waals surface area contributed by atoms with Gasteiger partial charge in [0, 0.05) is 37.9 Å². The van der Waals surface area contributed by atoms with Crippen LogP contribution in [0, 0.1) is 0 Å². The van der Waals surface area contributed by atoms with Gasteiger partial charge in [-0.15, -0.1) is 10.2 Å². The smallest absolute Gasteiger partial charge is 0.234 e. The molecule has 0 radical (unpaired) electrons. The maximum atomic E-state index is 12.3. The molecule has 2 aromatic carbocycles. The Hall–Kier alpha value is -3.13. The molecule has 0 aliphatic rings. The number of aromatic nitrogens is 4. The quantitative estimate of drug-likeness (QED) is 0.525. The van der Waals surface area contributed by atoms with E-state index in [0.29, 0.717) is 5.16 Å². The Balaban J connectivity index is 1.45. The van der Waals surface area contributed by atoms with E-state index in [4.69, 9.17) is 0 Å². The highest BCUT2D eigenvalue weighted by Crippen LogP contribution is 2.26. The molecule has 28 heavy (non-hydrogen) atoms. The first kappa shape index (κ1) is 18.2. The van der Waals surface area contributed by atoms with Crippen LogP contribution in [-0.2, 0) is 11.8 Å². The van der Waals surface area contributed by atoms with Crippen molar-refractivity contribution in [2.45, 2.75) is 5.16 Å². The number of fused-ring (bicyclic) bond motifs is 3. The predicted octanol–water partition coefficient (Wildman–Crippen LogP) is 3.31. The average Bonchev–Trinajstić information content (AvgIpc) is 2.99. The third-order valence-corrected chi connectivity index (χ3v) is 5.32. The summed E-state index contributed by atoms with van der Waals surface area (Å²) in [6.45, 7) is 0. The highest BCUT2D eigenvalue weighted by molar-refractivity contribution is 7.99. The maximum absolute atomic E-state index is 12.3. The Labute approximate surface area is 166 Å². The van der Waals surface area contributed by atoms with E-state index in [1.165, 1.54) is 11.8 Å². The topological polar surface area (TPSA) is 75.9 Å². The van der Waals surface area contributed by atoms with Crippen LogP contribution in [0.5, 0.6) is 0 Å². The molecule has 0 unspecified atom stereocenters.